The maximum Gasteiger partial charge on any atom is 0.168 e. The van der Waals surface area contributed by atoms with E-state index in [1.54, 1.807) is 0 Å². The van der Waals surface area contributed by atoms with Gasteiger partial charge in [0.15, 0.2) is 5.11 Å². The Hall–Kier alpha value is -0.350. The molecule has 1 saturated heterocycles. The van der Waals surface area contributed by atoms with Crippen LogP contribution in [0.3, 0.4) is 0 Å². The molecule has 0 aromatic carbocycles. The minimum atomic E-state index is 0.285. The fourth-order valence-electron chi connectivity index (χ4n) is 1.74. The van der Waals surface area contributed by atoms with Gasteiger partial charge in [-0.15, -0.1) is 0 Å². The van der Waals surface area contributed by atoms with E-state index in [0.29, 0.717) is 0 Å². The molecule has 0 unspecified atom stereocenters. The summed E-state index contributed by atoms with van der Waals surface area (Å²) in [7, 11) is 1.89. The van der Waals surface area contributed by atoms with Crippen LogP contribution in [0.15, 0.2) is 0 Å². The molecule has 1 heterocycles. The van der Waals surface area contributed by atoms with E-state index < -0.39 is 0 Å². The Labute approximate surface area is 92.4 Å². The van der Waals surface area contributed by atoms with Crippen LogP contribution in [0.1, 0.15) is 20.8 Å². The molecule has 0 amide bonds. The first kappa shape index (κ1) is 11.7. The van der Waals surface area contributed by atoms with Crippen LogP contribution in [0.25, 0.3) is 0 Å². The average molecular weight is 215 g/mol. The molecule has 3 nitrogen and oxygen atoms in total. The molecule has 1 aliphatic rings. The number of nitrogens with one attached hydrogen (secondary N) is 1. The van der Waals surface area contributed by atoms with Crippen LogP contribution in [0.2, 0.25) is 0 Å². The molecule has 0 aliphatic carbocycles. The summed E-state index contributed by atoms with van der Waals surface area (Å²) in [5.74, 6) is 0. The van der Waals surface area contributed by atoms with E-state index in [9.17, 15) is 0 Å². The molecule has 1 aliphatic heterocycles. The van der Waals surface area contributed by atoms with Crippen molar-refractivity contribution in [2.45, 2.75) is 26.3 Å². The third kappa shape index (κ3) is 2.82. The van der Waals surface area contributed by atoms with Gasteiger partial charge < -0.3 is 10.2 Å². The Morgan fingerprint density at radius 3 is 2.00 bits per heavy atom. The average Bonchev–Trinajstić information content (AvgIpc) is 2.15. The Morgan fingerprint density at radius 1 is 1.14 bits per heavy atom. The molecule has 1 fully saturated rings. The first-order valence-corrected chi connectivity index (χ1v) is 5.57. The number of piperazine rings is 1. The molecule has 14 heavy (non-hydrogen) atoms. The second kappa shape index (κ2) is 4.45. The minimum Gasteiger partial charge on any atom is -0.366 e. The Balaban J connectivity index is 2.43. The fraction of sp³-hybridized carbons (Fsp3) is 0.900. The Kier molecular flexibility index (Phi) is 3.72. The normalized spacial score (nSPS) is 19.6. The van der Waals surface area contributed by atoms with E-state index >= 15 is 0 Å². The van der Waals surface area contributed by atoms with E-state index in [1.165, 1.54) is 0 Å². The zero-order valence-corrected chi connectivity index (χ0v) is 10.4. The number of thiocarbonyl (C=S) groups is 1. The molecule has 82 valence electrons. The lowest BCUT2D eigenvalue weighted by molar-refractivity contribution is 0.0882. The summed E-state index contributed by atoms with van der Waals surface area (Å²) in [6, 6.07) is 0. The predicted molar refractivity (Wildman–Crippen MR) is 64.6 cm³/mol. The second-order valence-corrected chi connectivity index (χ2v) is 5.09. The summed E-state index contributed by atoms with van der Waals surface area (Å²) in [6.45, 7) is 11.1. The first-order chi connectivity index (χ1) is 6.45. The van der Waals surface area contributed by atoms with Crippen molar-refractivity contribution in [1.29, 1.82) is 0 Å². The van der Waals surface area contributed by atoms with Gasteiger partial charge >= 0.3 is 0 Å². The molecular formula is C10H21N3S. The lowest BCUT2D eigenvalue weighted by Crippen LogP contribution is -2.55. The summed E-state index contributed by atoms with van der Waals surface area (Å²) >= 11 is 5.20. The summed E-state index contributed by atoms with van der Waals surface area (Å²) in [6.07, 6.45) is 0. The molecule has 0 radical (unpaired) electrons. The molecule has 0 aromatic rings. The molecular weight excluding hydrogens is 194 g/mol. The largest absolute Gasteiger partial charge is 0.366 e. The highest BCUT2D eigenvalue weighted by Gasteiger charge is 2.26. The standard InChI is InChI=1S/C10H21N3S/c1-10(2,3)13-7-5-12(6-8-13)9(14)11-4/h5-8H2,1-4H3,(H,11,14). The molecule has 1 N–H and O–H groups in total. The van der Waals surface area contributed by atoms with Crippen molar-refractivity contribution >= 4 is 17.3 Å². The molecule has 0 saturated carbocycles. The van der Waals surface area contributed by atoms with Gasteiger partial charge in [0.05, 0.1) is 0 Å². The quantitative estimate of drug-likeness (QED) is 0.605. The Bertz CT molecular complexity index is 202. The van der Waals surface area contributed by atoms with Gasteiger partial charge in [-0.25, -0.2) is 0 Å². The maximum absolute atomic E-state index is 5.20. The van der Waals surface area contributed by atoms with Crippen molar-refractivity contribution in [3.63, 3.8) is 0 Å². The minimum absolute atomic E-state index is 0.285. The van der Waals surface area contributed by atoms with Crippen molar-refractivity contribution in [3.8, 4) is 0 Å². The Morgan fingerprint density at radius 2 is 1.64 bits per heavy atom. The molecule has 1 rings (SSSR count). The number of hydrogen-bond acceptors (Lipinski definition) is 2. The SMILES string of the molecule is CNC(=S)N1CCN(C(C)(C)C)CC1. The van der Waals surface area contributed by atoms with Crippen LogP contribution >= 0.6 is 12.2 Å². The van der Waals surface area contributed by atoms with Gasteiger partial charge in [-0.2, -0.15) is 0 Å². The van der Waals surface area contributed by atoms with E-state index in [0.717, 1.165) is 31.3 Å². The van der Waals surface area contributed by atoms with E-state index in [-0.39, 0.29) is 5.54 Å². The maximum atomic E-state index is 5.20. The summed E-state index contributed by atoms with van der Waals surface area (Å²) in [5.41, 5.74) is 0.285. The van der Waals surface area contributed by atoms with Crippen molar-refractivity contribution in [2.75, 3.05) is 33.2 Å². The summed E-state index contributed by atoms with van der Waals surface area (Å²) in [5, 5.41) is 3.90. The summed E-state index contributed by atoms with van der Waals surface area (Å²) in [4.78, 5) is 4.74. The third-order valence-electron chi connectivity index (χ3n) is 2.73. The van der Waals surface area contributed by atoms with Gasteiger partial charge in [0.2, 0.25) is 0 Å². The second-order valence-electron chi connectivity index (χ2n) is 4.70. The van der Waals surface area contributed by atoms with Crippen LogP contribution in [-0.2, 0) is 0 Å². The molecule has 0 spiro atoms. The lowest BCUT2D eigenvalue weighted by atomic mass is 10.1. The van der Waals surface area contributed by atoms with Crippen LogP contribution in [-0.4, -0.2) is 53.7 Å². The van der Waals surface area contributed by atoms with Gasteiger partial charge in [-0.05, 0) is 33.0 Å². The highest BCUT2D eigenvalue weighted by atomic mass is 32.1. The lowest BCUT2D eigenvalue weighted by Gasteiger charge is -2.42. The predicted octanol–water partition coefficient (Wildman–Crippen LogP) is 0.907. The van der Waals surface area contributed by atoms with Crippen LogP contribution in [0, 0.1) is 0 Å². The van der Waals surface area contributed by atoms with Gasteiger partial charge in [0, 0.05) is 38.8 Å². The van der Waals surface area contributed by atoms with E-state index in [4.69, 9.17) is 12.2 Å². The summed E-state index contributed by atoms with van der Waals surface area (Å²) < 4.78 is 0. The van der Waals surface area contributed by atoms with Gasteiger partial charge in [0.1, 0.15) is 0 Å². The smallest absolute Gasteiger partial charge is 0.168 e. The van der Waals surface area contributed by atoms with Crippen molar-refractivity contribution in [1.82, 2.24) is 15.1 Å². The van der Waals surface area contributed by atoms with Gasteiger partial charge in [-0.1, -0.05) is 0 Å². The zero-order chi connectivity index (χ0) is 10.8. The van der Waals surface area contributed by atoms with Gasteiger partial charge in [-0.3, -0.25) is 4.90 Å². The molecule has 0 bridgehead atoms. The van der Waals surface area contributed by atoms with Crippen molar-refractivity contribution < 1.29 is 0 Å². The monoisotopic (exact) mass is 215 g/mol. The van der Waals surface area contributed by atoms with Crippen molar-refractivity contribution in [2.24, 2.45) is 0 Å². The van der Waals surface area contributed by atoms with E-state index in [2.05, 4.69) is 35.9 Å². The van der Waals surface area contributed by atoms with Crippen LogP contribution < -0.4 is 5.32 Å². The third-order valence-corrected chi connectivity index (χ3v) is 3.19. The van der Waals surface area contributed by atoms with Crippen LogP contribution in [0.5, 0.6) is 0 Å². The van der Waals surface area contributed by atoms with Crippen molar-refractivity contribution in [3.05, 3.63) is 0 Å². The van der Waals surface area contributed by atoms with E-state index in [1.807, 2.05) is 7.05 Å². The number of rotatable bonds is 0. The highest BCUT2D eigenvalue weighted by molar-refractivity contribution is 7.80. The first-order valence-electron chi connectivity index (χ1n) is 5.17. The number of nitrogens with zero attached hydrogens (tertiary/aromatic N) is 2. The number of hydrogen-bond donors (Lipinski definition) is 1. The van der Waals surface area contributed by atoms with Crippen LogP contribution in [0.4, 0.5) is 0 Å². The topological polar surface area (TPSA) is 18.5 Å². The highest BCUT2D eigenvalue weighted by Crippen LogP contribution is 2.15. The zero-order valence-electron chi connectivity index (χ0n) is 9.63. The molecule has 0 aromatic heterocycles. The molecule has 0 atom stereocenters. The molecule has 4 heteroatoms. The van der Waals surface area contributed by atoms with Gasteiger partial charge in [0.25, 0.3) is 0 Å². The fourth-order valence-corrected chi connectivity index (χ4v) is 1.92.